The second-order valence-electron chi connectivity index (χ2n) is 5.71. The van der Waals surface area contributed by atoms with E-state index >= 15 is 0 Å². The highest BCUT2D eigenvalue weighted by Crippen LogP contribution is 2.20. The lowest BCUT2D eigenvalue weighted by Gasteiger charge is -2.36. The Kier molecular flexibility index (Phi) is 4.00. The first-order valence-corrected chi connectivity index (χ1v) is 7.60. The van der Waals surface area contributed by atoms with Crippen molar-refractivity contribution in [1.29, 1.82) is 0 Å². The van der Waals surface area contributed by atoms with Gasteiger partial charge in [0.25, 0.3) is 5.91 Å². The lowest BCUT2D eigenvalue weighted by molar-refractivity contribution is 0.0748. The van der Waals surface area contributed by atoms with Gasteiger partial charge in [0.2, 0.25) is 0 Å². The summed E-state index contributed by atoms with van der Waals surface area (Å²) in [6, 6.07) is 15.8. The minimum absolute atomic E-state index is 0.0296. The van der Waals surface area contributed by atoms with Crippen molar-refractivity contribution in [2.24, 2.45) is 0 Å². The summed E-state index contributed by atoms with van der Waals surface area (Å²) in [6.45, 7) is 5.24. The van der Waals surface area contributed by atoms with Gasteiger partial charge in [0.05, 0.1) is 5.56 Å². The molecular formula is C18H21N3O. The standard InChI is InChI=1S/C18H21N3O/c1-14-5-4-6-15(13-14)20-9-11-21(12-10-20)18(22)16-7-2-3-8-17(16)19/h2-8,13H,9-12,19H2,1H3. The monoisotopic (exact) mass is 295 g/mol. The van der Waals surface area contributed by atoms with Gasteiger partial charge in [-0.2, -0.15) is 0 Å². The number of piperazine rings is 1. The second kappa shape index (κ2) is 6.10. The molecular weight excluding hydrogens is 274 g/mol. The average Bonchev–Trinajstić information content (AvgIpc) is 2.55. The zero-order chi connectivity index (χ0) is 15.5. The van der Waals surface area contributed by atoms with E-state index in [-0.39, 0.29) is 5.91 Å². The Labute approximate surface area is 131 Å². The van der Waals surface area contributed by atoms with E-state index in [0.29, 0.717) is 11.3 Å². The molecule has 0 atom stereocenters. The van der Waals surface area contributed by atoms with Gasteiger partial charge in [0.1, 0.15) is 0 Å². The number of nitrogens with two attached hydrogens (primary N) is 1. The molecule has 0 saturated carbocycles. The molecule has 1 fully saturated rings. The highest BCUT2D eigenvalue weighted by molar-refractivity contribution is 5.99. The number of aryl methyl sites for hydroxylation is 1. The molecule has 0 aliphatic carbocycles. The van der Waals surface area contributed by atoms with Crippen LogP contribution in [0.15, 0.2) is 48.5 Å². The number of hydrogen-bond donors (Lipinski definition) is 1. The predicted octanol–water partition coefficient (Wildman–Crippen LogP) is 2.54. The second-order valence-corrected chi connectivity index (χ2v) is 5.71. The number of hydrogen-bond acceptors (Lipinski definition) is 3. The maximum Gasteiger partial charge on any atom is 0.256 e. The van der Waals surface area contributed by atoms with Crippen molar-refractivity contribution in [3.05, 3.63) is 59.7 Å². The third-order valence-corrected chi connectivity index (χ3v) is 4.12. The first-order valence-electron chi connectivity index (χ1n) is 7.60. The van der Waals surface area contributed by atoms with Gasteiger partial charge in [-0.1, -0.05) is 24.3 Å². The maximum absolute atomic E-state index is 12.5. The molecule has 1 saturated heterocycles. The fourth-order valence-electron chi connectivity index (χ4n) is 2.85. The van der Waals surface area contributed by atoms with Crippen molar-refractivity contribution in [3.63, 3.8) is 0 Å². The minimum atomic E-state index is 0.0296. The third-order valence-electron chi connectivity index (χ3n) is 4.12. The van der Waals surface area contributed by atoms with Crippen LogP contribution < -0.4 is 10.6 Å². The Morgan fingerprint density at radius 2 is 1.73 bits per heavy atom. The number of nitrogen functional groups attached to an aromatic ring is 1. The molecule has 0 unspecified atom stereocenters. The molecule has 4 heteroatoms. The molecule has 0 aromatic heterocycles. The van der Waals surface area contributed by atoms with Crippen molar-refractivity contribution < 1.29 is 4.79 Å². The van der Waals surface area contributed by atoms with E-state index in [2.05, 4.69) is 36.1 Å². The summed E-state index contributed by atoms with van der Waals surface area (Å²) in [5.74, 6) is 0.0296. The van der Waals surface area contributed by atoms with E-state index in [1.165, 1.54) is 11.3 Å². The van der Waals surface area contributed by atoms with Gasteiger partial charge in [-0.25, -0.2) is 0 Å². The molecule has 1 amide bonds. The molecule has 2 aromatic rings. The van der Waals surface area contributed by atoms with Gasteiger partial charge >= 0.3 is 0 Å². The molecule has 4 nitrogen and oxygen atoms in total. The summed E-state index contributed by atoms with van der Waals surface area (Å²) in [4.78, 5) is 16.8. The van der Waals surface area contributed by atoms with Crippen LogP contribution in [0.2, 0.25) is 0 Å². The van der Waals surface area contributed by atoms with Crippen LogP contribution in [0.3, 0.4) is 0 Å². The third kappa shape index (κ3) is 2.91. The summed E-state index contributed by atoms with van der Waals surface area (Å²) in [6.07, 6.45) is 0. The highest BCUT2D eigenvalue weighted by Gasteiger charge is 2.23. The van der Waals surface area contributed by atoms with Crippen LogP contribution in [0.5, 0.6) is 0 Å². The molecule has 2 aromatic carbocycles. The molecule has 0 spiro atoms. The first-order chi connectivity index (χ1) is 10.6. The van der Waals surface area contributed by atoms with Crippen molar-refractivity contribution in [1.82, 2.24) is 4.90 Å². The number of rotatable bonds is 2. The van der Waals surface area contributed by atoms with Gasteiger partial charge < -0.3 is 15.5 Å². The van der Waals surface area contributed by atoms with Gasteiger partial charge in [-0.3, -0.25) is 4.79 Å². The molecule has 1 heterocycles. The number of carbonyl (C=O) groups is 1. The molecule has 1 aliphatic rings. The molecule has 2 N–H and O–H groups in total. The van der Waals surface area contributed by atoms with Gasteiger partial charge in [0.15, 0.2) is 0 Å². The van der Waals surface area contributed by atoms with Gasteiger partial charge in [0, 0.05) is 37.6 Å². The zero-order valence-corrected chi connectivity index (χ0v) is 12.8. The summed E-state index contributed by atoms with van der Waals surface area (Å²) in [5.41, 5.74) is 9.54. The zero-order valence-electron chi connectivity index (χ0n) is 12.8. The maximum atomic E-state index is 12.5. The number of anilines is 2. The van der Waals surface area contributed by atoms with E-state index < -0.39 is 0 Å². The van der Waals surface area contributed by atoms with Crippen LogP contribution in [0.25, 0.3) is 0 Å². The fourth-order valence-corrected chi connectivity index (χ4v) is 2.85. The van der Waals surface area contributed by atoms with Gasteiger partial charge in [-0.15, -0.1) is 0 Å². The van der Waals surface area contributed by atoms with Crippen LogP contribution in [0, 0.1) is 6.92 Å². The summed E-state index contributed by atoms with van der Waals surface area (Å²) >= 11 is 0. The van der Waals surface area contributed by atoms with E-state index in [9.17, 15) is 4.79 Å². The largest absolute Gasteiger partial charge is 0.398 e. The van der Waals surface area contributed by atoms with Crippen molar-refractivity contribution in [2.75, 3.05) is 36.8 Å². The quantitative estimate of drug-likeness (QED) is 0.866. The predicted molar refractivity (Wildman–Crippen MR) is 90.1 cm³/mol. The lowest BCUT2D eigenvalue weighted by Crippen LogP contribution is -2.48. The summed E-state index contributed by atoms with van der Waals surface area (Å²) in [5, 5.41) is 0. The lowest BCUT2D eigenvalue weighted by atomic mass is 10.1. The van der Waals surface area contributed by atoms with E-state index in [1.54, 1.807) is 12.1 Å². The van der Waals surface area contributed by atoms with E-state index in [0.717, 1.165) is 26.2 Å². The Morgan fingerprint density at radius 3 is 2.41 bits per heavy atom. The SMILES string of the molecule is Cc1cccc(N2CCN(C(=O)c3ccccc3N)CC2)c1. The number of benzene rings is 2. The fraction of sp³-hybridized carbons (Fsp3) is 0.278. The average molecular weight is 295 g/mol. The Morgan fingerprint density at radius 1 is 1.00 bits per heavy atom. The van der Waals surface area contributed by atoms with Crippen molar-refractivity contribution >= 4 is 17.3 Å². The molecule has 0 bridgehead atoms. The first kappa shape index (κ1) is 14.4. The Bertz CT molecular complexity index is 676. The molecule has 22 heavy (non-hydrogen) atoms. The topological polar surface area (TPSA) is 49.6 Å². The highest BCUT2D eigenvalue weighted by atomic mass is 16.2. The number of para-hydroxylation sites is 1. The summed E-state index contributed by atoms with van der Waals surface area (Å²) < 4.78 is 0. The van der Waals surface area contributed by atoms with Crippen LogP contribution in [0.4, 0.5) is 11.4 Å². The number of nitrogens with zero attached hydrogens (tertiary/aromatic N) is 2. The number of amides is 1. The van der Waals surface area contributed by atoms with Crippen LogP contribution in [-0.2, 0) is 0 Å². The van der Waals surface area contributed by atoms with Crippen molar-refractivity contribution in [2.45, 2.75) is 6.92 Å². The van der Waals surface area contributed by atoms with Crippen LogP contribution in [-0.4, -0.2) is 37.0 Å². The van der Waals surface area contributed by atoms with Crippen molar-refractivity contribution in [3.8, 4) is 0 Å². The van der Waals surface area contributed by atoms with E-state index in [1.807, 2.05) is 17.0 Å². The Hall–Kier alpha value is -2.49. The van der Waals surface area contributed by atoms with Crippen LogP contribution >= 0.6 is 0 Å². The van der Waals surface area contributed by atoms with E-state index in [4.69, 9.17) is 5.73 Å². The molecule has 3 rings (SSSR count). The normalized spacial score (nSPS) is 15.0. The summed E-state index contributed by atoms with van der Waals surface area (Å²) in [7, 11) is 0. The van der Waals surface area contributed by atoms with Crippen LogP contribution in [0.1, 0.15) is 15.9 Å². The van der Waals surface area contributed by atoms with Gasteiger partial charge in [-0.05, 0) is 36.8 Å². The minimum Gasteiger partial charge on any atom is -0.398 e. The number of carbonyl (C=O) groups excluding carboxylic acids is 1. The smallest absolute Gasteiger partial charge is 0.256 e. The molecule has 114 valence electrons. The molecule has 1 aliphatic heterocycles. The Balaban J connectivity index is 1.67. The molecule has 0 radical (unpaired) electrons.